The number of H-pyrrole nitrogens is 1. The molecule has 0 radical (unpaired) electrons. The van der Waals surface area contributed by atoms with Crippen LogP contribution >= 0.6 is 11.3 Å². The number of nitrogens with zero attached hydrogens (tertiary/aromatic N) is 1. The molecule has 10 heteroatoms. The Bertz CT molecular complexity index is 1080. The van der Waals surface area contributed by atoms with E-state index >= 15 is 0 Å². The number of allylic oxidation sites excluding steroid dienone is 1. The molecule has 1 aliphatic rings. The van der Waals surface area contributed by atoms with Gasteiger partial charge in [-0.25, -0.2) is 4.98 Å². The molecule has 0 fully saturated rings. The van der Waals surface area contributed by atoms with Gasteiger partial charge in [-0.3, -0.25) is 4.79 Å². The number of thiophene rings is 1. The molecule has 0 unspecified atom stereocenters. The lowest BCUT2D eigenvalue weighted by Crippen LogP contribution is -2.39. The summed E-state index contributed by atoms with van der Waals surface area (Å²) in [6.07, 6.45) is 2.00. The third-order valence-corrected chi connectivity index (χ3v) is 6.63. The van der Waals surface area contributed by atoms with E-state index in [-0.39, 0.29) is 36.7 Å². The Kier molecular flexibility index (Phi) is 9.88. The minimum atomic E-state index is -0.578. The van der Waals surface area contributed by atoms with Crippen molar-refractivity contribution < 1.29 is 28.8 Å². The SMILES string of the molecule is CCO[C@H]1OC(C(=O)NCc2nc3ccccc3[nH]2)=C[C@@H](c2ccsc2)[C@@H]1CCOCCOCCO. The lowest BCUT2D eigenvalue weighted by Gasteiger charge is -2.36. The van der Waals surface area contributed by atoms with Gasteiger partial charge in [0.25, 0.3) is 5.91 Å². The second-order valence-corrected chi connectivity index (χ2v) is 9.12. The molecular weight excluding hydrogens is 482 g/mol. The van der Waals surface area contributed by atoms with Crippen molar-refractivity contribution in [1.82, 2.24) is 15.3 Å². The number of aliphatic hydroxyl groups excluding tert-OH is 1. The van der Waals surface area contributed by atoms with E-state index in [0.29, 0.717) is 45.3 Å². The lowest BCUT2D eigenvalue weighted by atomic mass is 9.82. The van der Waals surface area contributed by atoms with Crippen LogP contribution in [-0.4, -0.2) is 66.9 Å². The Morgan fingerprint density at radius 2 is 2.03 bits per heavy atom. The molecule has 0 aliphatic carbocycles. The zero-order valence-electron chi connectivity index (χ0n) is 20.4. The van der Waals surface area contributed by atoms with Crippen LogP contribution in [0.1, 0.15) is 30.7 Å². The highest BCUT2D eigenvalue weighted by atomic mass is 32.1. The minimum absolute atomic E-state index is 0.00170. The highest BCUT2D eigenvalue weighted by Crippen LogP contribution is 2.39. The van der Waals surface area contributed by atoms with Gasteiger partial charge in [0.05, 0.1) is 44.0 Å². The Morgan fingerprint density at radius 1 is 1.19 bits per heavy atom. The maximum absolute atomic E-state index is 13.1. The fourth-order valence-electron chi connectivity index (χ4n) is 4.23. The van der Waals surface area contributed by atoms with Gasteiger partial charge in [0.15, 0.2) is 5.76 Å². The van der Waals surface area contributed by atoms with Crippen LogP contribution in [-0.2, 0) is 30.3 Å². The molecule has 1 aromatic carbocycles. The normalized spacial score (nSPS) is 19.7. The predicted molar refractivity (Wildman–Crippen MR) is 136 cm³/mol. The smallest absolute Gasteiger partial charge is 0.286 e. The Hall–Kier alpha value is -2.76. The molecule has 3 aromatic rings. The number of benzene rings is 1. The van der Waals surface area contributed by atoms with E-state index in [1.54, 1.807) is 11.3 Å². The standard InChI is InChI=1S/C26H33N3O6S/c1-2-34-26-19(7-10-32-12-13-33-11-9-30)20(18-8-14-36-17-18)15-23(35-26)25(31)27-16-24-28-21-5-3-4-6-22(21)29-24/h3-6,8,14-15,17,19-20,26,30H,2,7,9-13,16H2,1H3,(H,27,31)(H,28,29)/t19-,20-,26-/m0/s1. The number of carbonyl (C=O) groups excluding carboxylic acids is 1. The van der Waals surface area contributed by atoms with Gasteiger partial charge in [0.2, 0.25) is 6.29 Å². The second-order valence-electron chi connectivity index (χ2n) is 8.34. The van der Waals surface area contributed by atoms with Crippen LogP contribution in [0.2, 0.25) is 0 Å². The van der Waals surface area contributed by atoms with Gasteiger partial charge in [0, 0.05) is 25.0 Å². The number of hydrogen-bond donors (Lipinski definition) is 3. The summed E-state index contributed by atoms with van der Waals surface area (Å²) >= 11 is 1.62. The number of aromatic nitrogens is 2. The quantitative estimate of drug-likeness (QED) is 0.282. The Labute approximate surface area is 214 Å². The lowest BCUT2D eigenvalue weighted by molar-refractivity contribution is -0.168. The van der Waals surface area contributed by atoms with Gasteiger partial charge in [-0.2, -0.15) is 11.3 Å². The molecule has 2 aromatic heterocycles. The van der Waals surface area contributed by atoms with E-state index in [4.69, 9.17) is 24.1 Å². The van der Waals surface area contributed by atoms with Crippen molar-refractivity contribution in [3.63, 3.8) is 0 Å². The first-order valence-electron chi connectivity index (χ1n) is 12.2. The van der Waals surface area contributed by atoms with Crippen molar-refractivity contribution in [1.29, 1.82) is 0 Å². The molecule has 3 heterocycles. The molecule has 1 amide bonds. The molecule has 9 nitrogen and oxygen atoms in total. The highest BCUT2D eigenvalue weighted by molar-refractivity contribution is 7.08. The highest BCUT2D eigenvalue weighted by Gasteiger charge is 2.38. The summed E-state index contributed by atoms with van der Waals surface area (Å²) in [7, 11) is 0. The number of nitrogens with one attached hydrogen (secondary N) is 2. The maximum Gasteiger partial charge on any atom is 0.286 e. The van der Waals surface area contributed by atoms with E-state index in [9.17, 15) is 4.79 Å². The summed E-state index contributed by atoms with van der Waals surface area (Å²) in [6, 6.07) is 9.81. The van der Waals surface area contributed by atoms with E-state index in [1.165, 1.54) is 0 Å². The molecule has 0 saturated carbocycles. The fourth-order valence-corrected chi connectivity index (χ4v) is 4.94. The number of aliphatic hydroxyl groups is 1. The number of aromatic amines is 1. The number of ether oxygens (including phenoxy) is 4. The first kappa shape index (κ1) is 26.3. The summed E-state index contributed by atoms with van der Waals surface area (Å²) in [4.78, 5) is 20.8. The third kappa shape index (κ3) is 6.92. The van der Waals surface area contributed by atoms with Gasteiger partial charge in [0.1, 0.15) is 5.82 Å². The van der Waals surface area contributed by atoms with Gasteiger partial charge < -0.3 is 34.4 Å². The van der Waals surface area contributed by atoms with Crippen molar-refractivity contribution in [2.45, 2.75) is 32.1 Å². The molecule has 0 bridgehead atoms. The van der Waals surface area contributed by atoms with Crippen LogP contribution in [0.15, 0.2) is 52.9 Å². The second kappa shape index (κ2) is 13.5. The van der Waals surface area contributed by atoms with Crippen LogP contribution in [0.25, 0.3) is 11.0 Å². The Morgan fingerprint density at radius 3 is 2.78 bits per heavy atom. The number of carbonyl (C=O) groups is 1. The fraction of sp³-hybridized carbons (Fsp3) is 0.462. The molecular formula is C26H33N3O6S. The van der Waals surface area contributed by atoms with Crippen molar-refractivity contribution >= 4 is 28.3 Å². The van der Waals surface area contributed by atoms with E-state index in [2.05, 4.69) is 26.7 Å². The van der Waals surface area contributed by atoms with Crippen molar-refractivity contribution in [3.8, 4) is 0 Å². The molecule has 3 N–H and O–H groups in total. The van der Waals surface area contributed by atoms with E-state index in [1.807, 2.05) is 42.6 Å². The number of rotatable bonds is 14. The van der Waals surface area contributed by atoms with Gasteiger partial charge >= 0.3 is 0 Å². The van der Waals surface area contributed by atoms with Crippen LogP contribution in [0.4, 0.5) is 0 Å². The molecule has 1 aliphatic heterocycles. The average molecular weight is 516 g/mol. The number of fused-ring (bicyclic) bond motifs is 1. The summed E-state index contributed by atoms with van der Waals surface area (Å²) < 4.78 is 23.0. The Balaban J connectivity index is 1.42. The summed E-state index contributed by atoms with van der Waals surface area (Å²) in [6.45, 7) is 4.31. The van der Waals surface area contributed by atoms with Crippen LogP contribution in [0.3, 0.4) is 0 Å². The molecule has 194 valence electrons. The van der Waals surface area contributed by atoms with Crippen LogP contribution in [0, 0.1) is 5.92 Å². The number of hydrogen-bond acceptors (Lipinski definition) is 8. The van der Waals surface area contributed by atoms with E-state index in [0.717, 1.165) is 16.6 Å². The third-order valence-electron chi connectivity index (χ3n) is 5.93. The summed E-state index contributed by atoms with van der Waals surface area (Å²) in [5.74, 6) is 0.536. The molecule has 4 rings (SSSR count). The average Bonchev–Trinajstić information content (AvgIpc) is 3.57. The zero-order chi connectivity index (χ0) is 25.2. The largest absolute Gasteiger partial charge is 0.459 e. The van der Waals surface area contributed by atoms with Gasteiger partial charge in [-0.15, -0.1) is 0 Å². The van der Waals surface area contributed by atoms with Crippen molar-refractivity contribution in [3.05, 3.63) is 64.3 Å². The zero-order valence-corrected chi connectivity index (χ0v) is 21.2. The van der Waals surface area contributed by atoms with Gasteiger partial charge in [-0.05, 0) is 53.9 Å². The molecule has 3 atom stereocenters. The number of imidazole rings is 1. The predicted octanol–water partition coefficient (Wildman–Crippen LogP) is 3.33. The first-order valence-corrected chi connectivity index (χ1v) is 13.1. The molecule has 0 saturated heterocycles. The monoisotopic (exact) mass is 515 g/mol. The minimum Gasteiger partial charge on any atom is -0.459 e. The van der Waals surface area contributed by atoms with E-state index < -0.39 is 6.29 Å². The molecule has 0 spiro atoms. The summed E-state index contributed by atoms with van der Waals surface area (Å²) in [5.41, 5.74) is 2.90. The van der Waals surface area contributed by atoms with Gasteiger partial charge in [-0.1, -0.05) is 12.1 Å². The maximum atomic E-state index is 13.1. The van der Waals surface area contributed by atoms with Crippen molar-refractivity contribution in [2.75, 3.05) is 39.6 Å². The summed E-state index contributed by atoms with van der Waals surface area (Å²) in [5, 5.41) is 15.8. The van der Waals surface area contributed by atoms with Crippen LogP contribution in [0.5, 0.6) is 0 Å². The van der Waals surface area contributed by atoms with Crippen molar-refractivity contribution in [2.24, 2.45) is 5.92 Å². The molecule has 36 heavy (non-hydrogen) atoms. The first-order chi connectivity index (χ1) is 17.7. The van der Waals surface area contributed by atoms with Crippen LogP contribution < -0.4 is 5.32 Å². The number of amides is 1. The topological polar surface area (TPSA) is 115 Å². The number of para-hydroxylation sites is 2.